The summed E-state index contributed by atoms with van der Waals surface area (Å²) in [5, 5.41) is 3.28. The molecule has 1 amide bonds. The monoisotopic (exact) mass is 389 g/mol. The van der Waals surface area contributed by atoms with Crippen molar-refractivity contribution in [3.05, 3.63) is 41.2 Å². The van der Waals surface area contributed by atoms with Crippen LogP contribution in [0.2, 0.25) is 5.02 Å². The van der Waals surface area contributed by atoms with Gasteiger partial charge in [0.25, 0.3) is 5.91 Å². The van der Waals surface area contributed by atoms with Crippen molar-refractivity contribution in [3.8, 4) is 11.5 Å². The van der Waals surface area contributed by atoms with E-state index in [0.29, 0.717) is 27.8 Å². The van der Waals surface area contributed by atoms with Crippen LogP contribution in [-0.4, -0.2) is 38.2 Å². The molecular formula is C20H24ClN3O3. The highest BCUT2D eigenvalue weighted by Gasteiger charge is 2.16. The Balaban J connectivity index is 1.81. The first-order chi connectivity index (χ1) is 13.1. The van der Waals surface area contributed by atoms with E-state index in [1.54, 1.807) is 18.3 Å². The van der Waals surface area contributed by atoms with Crippen LogP contribution in [0, 0.1) is 0 Å². The zero-order valence-corrected chi connectivity index (χ0v) is 16.4. The second-order valence-electron chi connectivity index (χ2n) is 6.47. The zero-order valence-electron chi connectivity index (χ0n) is 15.6. The lowest BCUT2D eigenvalue weighted by Gasteiger charge is -2.22. The van der Waals surface area contributed by atoms with Crippen molar-refractivity contribution in [2.45, 2.75) is 25.7 Å². The third-order valence-corrected chi connectivity index (χ3v) is 4.97. The number of methoxy groups -OCH3 is 2. The number of carbonyl (C=O) groups is 1. The van der Waals surface area contributed by atoms with Gasteiger partial charge in [0, 0.05) is 31.4 Å². The van der Waals surface area contributed by atoms with Crippen LogP contribution >= 0.6 is 11.6 Å². The molecule has 1 aliphatic rings. The number of halogens is 1. The molecule has 2 aromatic rings. The number of benzene rings is 1. The molecule has 0 radical (unpaired) electrons. The summed E-state index contributed by atoms with van der Waals surface area (Å²) in [5.74, 6) is 0.664. The largest absolute Gasteiger partial charge is 0.495 e. The van der Waals surface area contributed by atoms with Crippen molar-refractivity contribution in [1.82, 2.24) is 4.98 Å². The second-order valence-corrected chi connectivity index (χ2v) is 6.88. The Morgan fingerprint density at radius 1 is 1.04 bits per heavy atom. The normalized spacial score (nSPS) is 14.4. The molecular weight excluding hydrogens is 366 g/mol. The van der Waals surface area contributed by atoms with Gasteiger partial charge in [-0.1, -0.05) is 24.4 Å². The Hall–Kier alpha value is -2.47. The number of rotatable bonds is 5. The standard InChI is InChI=1S/C20H24ClN3O3/c1-26-18-11-17(19(27-2)10-16(18)21)23-20(25)14-9-15(13-22-12-14)24-7-5-3-4-6-8-24/h9-13H,3-8H2,1-2H3,(H,23,25). The maximum absolute atomic E-state index is 12.8. The topological polar surface area (TPSA) is 63.7 Å². The number of pyridine rings is 1. The van der Waals surface area contributed by atoms with E-state index in [9.17, 15) is 4.79 Å². The van der Waals surface area contributed by atoms with Gasteiger partial charge >= 0.3 is 0 Å². The first-order valence-electron chi connectivity index (χ1n) is 9.05. The Morgan fingerprint density at radius 2 is 1.74 bits per heavy atom. The number of hydrogen-bond donors (Lipinski definition) is 1. The number of aromatic nitrogens is 1. The number of anilines is 2. The molecule has 6 nitrogen and oxygen atoms in total. The van der Waals surface area contributed by atoms with Gasteiger partial charge in [0.2, 0.25) is 0 Å². The second kappa shape index (κ2) is 8.95. The van der Waals surface area contributed by atoms with Crippen LogP contribution < -0.4 is 19.7 Å². The highest BCUT2D eigenvalue weighted by atomic mass is 35.5. The van der Waals surface area contributed by atoms with Gasteiger partial charge in [-0.05, 0) is 18.9 Å². The molecule has 2 heterocycles. The van der Waals surface area contributed by atoms with E-state index in [4.69, 9.17) is 21.1 Å². The first kappa shape index (κ1) is 19.3. The molecule has 1 aliphatic heterocycles. The summed E-state index contributed by atoms with van der Waals surface area (Å²) < 4.78 is 10.5. The molecule has 0 saturated carbocycles. The molecule has 27 heavy (non-hydrogen) atoms. The van der Waals surface area contributed by atoms with E-state index in [0.717, 1.165) is 31.6 Å². The molecule has 0 spiro atoms. The van der Waals surface area contributed by atoms with Gasteiger partial charge < -0.3 is 19.7 Å². The molecule has 0 unspecified atom stereocenters. The van der Waals surface area contributed by atoms with Gasteiger partial charge in [-0.15, -0.1) is 0 Å². The summed E-state index contributed by atoms with van der Waals surface area (Å²) in [6.45, 7) is 1.99. The summed E-state index contributed by atoms with van der Waals surface area (Å²) in [5.41, 5.74) is 1.96. The van der Waals surface area contributed by atoms with Crippen LogP contribution in [0.5, 0.6) is 11.5 Å². The molecule has 7 heteroatoms. The summed E-state index contributed by atoms with van der Waals surface area (Å²) in [4.78, 5) is 19.3. The van der Waals surface area contributed by atoms with Gasteiger partial charge in [-0.3, -0.25) is 9.78 Å². The van der Waals surface area contributed by atoms with Crippen molar-refractivity contribution < 1.29 is 14.3 Å². The smallest absolute Gasteiger partial charge is 0.257 e. The van der Waals surface area contributed by atoms with Gasteiger partial charge in [-0.2, -0.15) is 0 Å². The van der Waals surface area contributed by atoms with Crippen LogP contribution in [0.15, 0.2) is 30.6 Å². The van der Waals surface area contributed by atoms with Crippen LogP contribution in [-0.2, 0) is 0 Å². The number of ether oxygens (including phenoxy) is 2. The minimum atomic E-state index is -0.262. The Kier molecular flexibility index (Phi) is 6.40. The summed E-state index contributed by atoms with van der Waals surface area (Å²) in [6.07, 6.45) is 8.21. The average molecular weight is 390 g/mol. The molecule has 1 saturated heterocycles. The number of amides is 1. The quantitative estimate of drug-likeness (QED) is 0.821. The summed E-state index contributed by atoms with van der Waals surface area (Å²) in [6, 6.07) is 5.14. The van der Waals surface area contributed by atoms with Crippen molar-refractivity contribution in [1.29, 1.82) is 0 Å². The number of nitrogens with zero attached hydrogens (tertiary/aromatic N) is 2. The van der Waals surface area contributed by atoms with E-state index < -0.39 is 0 Å². The van der Waals surface area contributed by atoms with Gasteiger partial charge in [0.05, 0.1) is 42.4 Å². The lowest BCUT2D eigenvalue weighted by Crippen LogP contribution is -2.24. The van der Waals surface area contributed by atoms with E-state index in [2.05, 4.69) is 15.2 Å². The fourth-order valence-corrected chi connectivity index (χ4v) is 3.44. The molecule has 1 fully saturated rings. The molecule has 1 N–H and O–H groups in total. The van der Waals surface area contributed by atoms with E-state index >= 15 is 0 Å². The Morgan fingerprint density at radius 3 is 2.41 bits per heavy atom. The third kappa shape index (κ3) is 4.63. The van der Waals surface area contributed by atoms with E-state index in [-0.39, 0.29) is 5.91 Å². The lowest BCUT2D eigenvalue weighted by atomic mass is 10.2. The predicted molar refractivity (Wildman–Crippen MR) is 107 cm³/mol. The average Bonchev–Trinajstić information content (AvgIpc) is 2.98. The molecule has 0 bridgehead atoms. The third-order valence-electron chi connectivity index (χ3n) is 4.68. The van der Waals surface area contributed by atoms with Crippen molar-refractivity contribution in [2.75, 3.05) is 37.5 Å². The van der Waals surface area contributed by atoms with Crippen molar-refractivity contribution in [2.24, 2.45) is 0 Å². The van der Waals surface area contributed by atoms with Crippen LogP contribution in [0.3, 0.4) is 0 Å². The molecule has 1 aromatic heterocycles. The minimum Gasteiger partial charge on any atom is -0.495 e. The molecule has 0 aliphatic carbocycles. The van der Waals surface area contributed by atoms with E-state index in [1.807, 2.05) is 12.3 Å². The van der Waals surface area contributed by atoms with Crippen LogP contribution in [0.25, 0.3) is 0 Å². The van der Waals surface area contributed by atoms with Crippen LogP contribution in [0.4, 0.5) is 11.4 Å². The van der Waals surface area contributed by atoms with Gasteiger partial charge in [0.1, 0.15) is 11.5 Å². The van der Waals surface area contributed by atoms with Crippen molar-refractivity contribution in [3.63, 3.8) is 0 Å². The minimum absolute atomic E-state index is 0.262. The van der Waals surface area contributed by atoms with E-state index in [1.165, 1.54) is 27.1 Å². The number of carbonyl (C=O) groups excluding carboxylic acids is 1. The maximum Gasteiger partial charge on any atom is 0.257 e. The predicted octanol–water partition coefficient (Wildman–Crippen LogP) is 4.38. The summed E-state index contributed by atoms with van der Waals surface area (Å²) in [7, 11) is 3.04. The first-order valence-corrected chi connectivity index (χ1v) is 9.43. The molecule has 3 rings (SSSR count). The highest BCUT2D eigenvalue weighted by Crippen LogP contribution is 2.36. The SMILES string of the molecule is COc1cc(NC(=O)c2cncc(N3CCCCCC3)c2)c(OC)cc1Cl. The Bertz CT molecular complexity index is 805. The fraction of sp³-hybridized carbons (Fsp3) is 0.400. The Labute approximate surface area is 164 Å². The number of hydrogen-bond acceptors (Lipinski definition) is 5. The number of nitrogens with one attached hydrogen (secondary N) is 1. The zero-order chi connectivity index (χ0) is 19.2. The van der Waals surface area contributed by atoms with Gasteiger partial charge in [-0.25, -0.2) is 0 Å². The van der Waals surface area contributed by atoms with Gasteiger partial charge in [0.15, 0.2) is 0 Å². The van der Waals surface area contributed by atoms with Crippen LogP contribution in [0.1, 0.15) is 36.0 Å². The molecule has 0 atom stereocenters. The lowest BCUT2D eigenvalue weighted by molar-refractivity contribution is 0.102. The molecule has 144 valence electrons. The maximum atomic E-state index is 12.8. The molecule has 1 aromatic carbocycles. The van der Waals surface area contributed by atoms with Crippen molar-refractivity contribution >= 4 is 28.9 Å². The fourth-order valence-electron chi connectivity index (χ4n) is 3.21. The summed E-state index contributed by atoms with van der Waals surface area (Å²) >= 11 is 6.12. The highest BCUT2D eigenvalue weighted by molar-refractivity contribution is 6.32.